The molecule has 0 bridgehead atoms. The topological polar surface area (TPSA) is 114 Å². The fourth-order valence-corrected chi connectivity index (χ4v) is 5.13. The van der Waals surface area contributed by atoms with Crippen molar-refractivity contribution in [2.45, 2.75) is 38.3 Å². The zero-order valence-corrected chi connectivity index (χ0v) is 22.6. The Hall–Kier alpha value is -4.12. The predicted molar refractivity (Wildman–Crippen MR) is 144 cm³/mol. The number of benzene rings is 2. The van der Waals surface area contributed by atoms with Gasteiger partial charge in [0.2, 0.25) is 5.91 Å². The number of piperidine rings is 1. The molecule has 11 heteroatoms. The Morgan fingerprint density at radius 2 is 1.88 bits per heavy atom. The Labute approximate surface area is 236 Å². The SMILES string of the molecule is CCOC(=O)[C@@H](NC(=O)[C@H]1CN(CC2CC2)CC[C@@H]1NC(=O)c1cc(-c2ccc(F)cc2F)on1)c1ccccc1. The maximum Gasteiger partial charge on any atom is 0.333 e. The first-order valence-corrected chi connectivity index (χ1v) is 13.8. The third kappa shape index (κ3) is 6.97. The average molecular weight is 567 g/mol. The molecule has 1 aromatic heterocycles. The van der Waals surface area contributed by atoms with Crippen LogP contribution in [0.25, 0.3) is 11.3 Å². The fourth-order valence-electron chi connectivity index (χ4n) is 5.13. The highest BCUT2D eigenvalue weighted by Crippen LogP contribution is 2.32. The van der Waals surface area contributed by atoms with Gasteiger partial charge in [0.05, 0.1) is 18.1 Å². The van der Waals surface area contributed by atoms with Crippen molar-refractivity contribution in [3.05, 3.63) is 77.5 Å². The fraction of sp³-hybridized carbons (Fsp3) is 0.400. The summed E-state index contributed by atoms with van der Waals surface area (Å²) in [5, 5.41) is 9.52. The number of nitrogens with one attached hydrogen (secondary N) is 2. The van der Waals surface area contributed by atoms with Crippen molar-refractivity contribution in [3.63, 3.8) is 0 Å². The molecular weight excluding hydrogens is 534 g/mol. The van der Waals surface area contributed by atoms with E-state index >= 15 is 0 Å². The standard InChI is InChI=1S/C30H32F2N4O5/c1-2-40-30(39)27(19-6-4-3-5-7-19)34-28(37)22-17-36(16-18-8-9-18)13-12-24(22)33-29(38)25-15-26(41-35-25)21-11-10-20(31)14-23(21)32/h3-7,10-11,14-15,18,22,24,27H,2,8-9,12-13,16-17H2,1H3,(H,33,38)(H,34,37)/t22-,24-,27-/m0/s1. The minimum atomic E-state index is -0.998. The van der Waals surface area contributed by atoms with Crippen molar-refractivity contribution in [2.75, 3.05) is 26.2 Å². The smallest absolute Gasteiger partial charge is 0.333 e. The molecule has 1 saturated carbocycles. The summed E-state index contributed by atoms with van der Waals surface area (Å²) in [6, 6.07) is 11.6. The molecule has 1 aliphatic heterocycles. The van der Waals surface area contributed by atoms with Crippen LogP contribution in [0.4, 0.5) is 8.78 Å². The van der Waals surface area contributed by atoms with Gasteiger partial charge in [0, 0.05) is 37.8 Å². The summed E-state index contributed by atoms with van der Waals surface area (Å²) in [4.78, 5) is 41.9. The molecule has 9 nitrogen and oxygen atoms in total. The Morgan fingerprint density at radius 1 is 1.10 bits per heavy atom. The number of amides is 2. The molecule has 3 aromatic rings. The molecule has 2 fully saturated rings. The Balaban J connectivity index is 1.33. The van der Waals surface area contributed by atoms with Gasteiger partial charge in [-0.2, -0.15) is 0 Å². The quantitative estimate of drug-likeness (QED) is 0.358. The molecule has 0 unspecified atom stereocenters. The second kappa shape index (κ2) is 12.6. The van der Waals surface area contributed by atoms with E-state index < -0.39 is 41.5 Å². The molecule has 216 valence electrons. The van der Waals surface area contributed by atoms with Gasteiger partial charge in [0.15, 0.2) is 17.5 Å². The second-order valence-electron chi connectivity index (χ2n) is 10.5. The molecule has 0 radical (unpaired) electrons. The number of likely N-dealkylation sites (tertiary alicyclic amines) is 1. The second-order valence-corrected chi connectivity index (χ2v) is 10.5. The van der Waals surface area contributed by atoms with E-state index in [0.717, 1.165) is 31.5 Å². The van der Waals surface area contributed by atoms with Crippen LogP contribution in [-0.4, -0.2) is 60.1 Å². The van der Waals surface area contributed by atoms with E-state index in [9.17, 15) is 23.2 Å². The van der Waals surface area contributed by atoms with E-state index in [4.69, 9.17) is 9.26 Å². The number of rotatable bonds is 10. The minimum absolute atomic E-state index is 0.0265. The van der Waals surface area contributed by atoms with Gasteiger partial charge >= 0.3 is 5.97 Å². The molecule has 0 spiro atoms. The van der Waals surface area contributed by atoms with Gasteiger partial charge in [-0.25, -0.2) is 13.6 Å². The lowest BCUT2D eigenvalue weighted by Gasteiger charge is -2.38. The number of carbonyl (C=O) groups is 3. The normalized spacial score (nSPS) is 19.8. The number of halogens is 2. The summed E-state index contributed by atoms with van der Waals surface area (Å²) in [7, 11) is 0. The first-order valence-electron chi connectivity index (χ1n) is 13.8. The number of ether oxygens (including phenoxy) is 1. The van der Waals surface area contributed by atoms with Gasteiger partial charge in [-0.3, -0.25) is 9.59 Å². The molecule has 3 atom stereocenters. The van der Waals surface area contributed by atoms with Crippen molar-refractivity contribution in [1.29, 1.82) is 0 Å². The first-order chi connectivity index (χ1) is 19.8. The molecule has 2 amide bonds. The third-order valence-electron chi connectivity index (χ3n) is 7.44. The first kappa shape index (κ1) is 28.4. The molecule has 5 rings (SSSR count). The zero-order valence-electron chi connectivity index (χ0n) is 22.6. The van der Waals surface area contributed by atoms with E-state index in [1.165, 1.54) is 12.1 Å². The average Bonchev–Trinajstić information content (AvgIpc) is 3.64. The van der Waals surface area contributed by atoms with E-state index in [2.05, 4.69) is 20.7 Å². The van der Waals surface area contributed by atoms with Crippen LogP contribution in [0.5, 0.6) is 0 Å². The number of esters is 1. The van der Waals surface area contributed by atoms with Gasteiger partial charge in [-0.15, -0.1) is 0 Å². The maximum atomic E-state index is 14.2. The van der Waals surface area contributed by atoms with Crippen LogP contribution in [0.1, 0.15) is 48.3 Å². The van der Waals surface area contributed by atoms with Crippen LogP contribution in [0.15, 0.2) is 59.1 Å². The van der Waals surface area contributed by atoms with Crippen molar-refractivity contribution in [1.82, 2.24) is 20.7 Å². The molecule has 2 heterocycles. The van der Waals surface area contributed by atoms with Crippen LogP contribution in [-0.2, 0) is 14.3 Å². The number of hydrogen-bond donors (Lipinski definition) is 2. The Bertz CT molecular complexity index is 1390. The van der Waals surface area contributed by atoms with Crippen molar-refractivity contribution in [2.24, 2.45) is 11.8 Å². The molecule has 2 aromatic carbocycles. The highest BCUT2D eigenvalue weighted by molar-refractivity contribution is 5.94. The maximum absolute atomic E-state index is 14.2. The molecular formula is C30H32F2N4O5. The molecule has 1 saturated heterocycles. The van der Waals surface area contributed by atoms with Gasteiger partial charge in [-0.1, -0.05) is 35.5 Å². The predicted octanol–water partition coefficient (Wildman–Crippen LogP) is 3.87. The van der Waals surface area contributed by atoms with Gasteiger partial charge in [0.1, 0.15) is 11.6 Å². The monoisotopic (exact) mass is 566 g/mol. The summed E-state index contributed by atoms with van der Waals surface area (Å²) >= 11 is 0. The Morgan fingerprint density at radius 3 is 2.59 bits per heavy atom. The third-order valence-corrected chi connectivity index (χ3v) is 7.44. The summed E-state index contributed by atoms with van der Waals surface area (Å²) in [5.41, 5.74) is 0.458. The van der Waals surface area contributed by atoms with Gasteiger partial charge in [-0.05, 0) is 49.8 Å². The van der Waals surface area contributed by atoms with E-state index in [1.54, 1.807) is 31.2 Å². The largest absolute Gasteiger partial charge is 0.464 e. The number of aromatic nitrogens is 1. The summed E-state index contributed by atoms with van der Waals surface area (Å²) in [6.07, 6.45) is 2.83. The van der Waals surface area contributed by atoms with E-state index in [1.807, 2.05) is 6.07 Å². The molecule has 1 aliphatic carbocycles. The van der Waals surface area contributed by atoms with Crippen LogP contribution in [0.2, 0.25) is 0 Å². The van der Waals surface area contributed by atoms with Crippen molar-refractivity contribution < 1.29 is 32.4 Å². The number of carbonyl (C=O) groups excluding carboxylic acids is 3. The molecule has 2 aliphatic rings. The number of hydrogen-bond acceptors (Lipinski definition) is 7. The molecule has 2 N–H and O–H groups in total. The van der Waals surface area contributed by atoms with Gasteiger partial charge in [0.25, 0.3) is 5.91 Å². The van der Waals surface area contributed by atoms with Crippen LogP contribution < -0.4 is 10.6 Å². The highest BCUT2D eigenvalue weighted by Gasteiger charge is 2.39. The minimum Gasteiger partial charge on any atom is -0.464 e. The zero-order chi connectivity index (χ0) is 28.9. The lowest BCUT2D eigenvalue weighted by Crippen LogP contribution is -2.56. The number of nitrogens with zero attached hydrogens (tertiary/aromatic N) is 2. The Kier molecular flexibility index (Phi) is 8.72. The molecule has 41 heavy (non-hydrogen) atoms. The van der Waals surface area contributed by atoms with Crippen LogP contribution in [0.3, 0.4) is 0 Å². The van der Waals surface area contributed by atoms with Crippen molar-refractivity contribution >= 4 is 17.8 Å². The summed E-state index contributed by atoms with van der Waals surface area (Å²) < 4.78 is 37.9. The summed E-state index contributed by atoms with van der Waals surface area (Å²) in [5.74, 6) is -3.20. The van der Waals surface area contributed by atoms with Crippen LogP contribution in [0, 0.1) is 23.5 Å². The highest BCUT2D eigenvalue weighted by atomic mass is 19.1. The lowest BCUT2D eigenvalue weighted by atomic mass is 9.90. The van der Waals surface area contributed by atoms with E-state index in [-0.39, 0.29) is 29.5 Å². The van der Waals surface area contributed by atoms with Crippen LogP contribution >= 0.6 is 0 Å². The van der Waals surface area contributed by atoms with E-state index in [0.29, 0.717) is 31.0 Å². The lowest BCUT2D eigenvalue weighted by molar-refractivity contribution is -0.148. The summed E-state index contributed by atoms with van der Waals surface area (Å²) in [6.45, 7) is 3.83. The van der Waals surface area contributed by atoms with Crippen molar-refractivity contribution in [3.8, 4) is 11.3 Å². The van der Waals surface area contributed by atoms with Gasteiger partial charge < -0.3 is 24.8 Å².